The first-order chi connectivity index (χ1) is 8.77. The zero-order chi connectivity index (χ0) is 15.0. The summed E-state index contributed by atoms with van der Waals surface area (Å²) in [7, 11) is 0. The molecule has 0 saturated carbocycles. The lowest BCUT2D eigenvalue weighted by atomic mass is 9.87. The fraction of sp³-hybridized carbons (Fsp3) is 0.667. The van der Waals surface area contributed by atoms with Crippen molar-refractivity contribution in [3.05, 3.63) is 12.2 Å². The maximum absolute atomic E-state index is 11.8. The molecule has 0 aromatic carbocycles. The van der Waals surface area contributed by atoms with Crippen LogP contribution in [-0.4, -0.2) is 24.0 Å². The summed E-state index contributed by atoms with van der Waals surface area (Å²) in [6.07, 6.45) is 2.51. The fourth-order valence-electron chi connectivity index (χ4n) is 2.01. The third kappa shape index (κ3) is 7.54. The van der Waals surface area contributed by atoms with Gasteiger partial charge in [-0.1, -0.05) is 25.8 Å². The molecule has 0 rings (SSSR count). The van der Waals surface area contributed by atoms with Crippen LogP contribution in [0.3, 0.4) is 0 Å². The van der Waals surface area contributed by atoms with Crippen molar-refractivity contribution in [2.75, 3.05) is 6.54 Å². The lowest BCUT2D eigenvalue weighted by Crippen LogP contribution is -2.37. The zero-order valence-corrected chi connectivity index (χ0v) is 12.4. The van der Waals surface area contributed by atoms with Crippen molar-refractivity contribution in [3.63, 3.8) is 0 Å². The zero-order valence-electron chi connectivity index (χ0n) is 12.4. The average molecular weight is 267 g/mol. The first kappa shape index (κ1) is 17.6. The molecule has 1 amide bonds. The molecule has 19 heavy (non-hydrogen) atoms. The summed E-state index contributed by atoms with van der Waals surface area (Å²) in [6.45, 7) is 11.0. The molecule has 1 N–H and O–H groups in total. The number of rotatable bonds is 9. The predicted molar refractivity (Wildman–Crippen MR) is 75.7 cm³/mol. The van der Waals surface area contributed by atoms with Crippen LogP contribution in [0, 0.1) is 11.8 Å². The Balaban J connectivity index is 4.34. The molecule has 4 nitrogen and oxygen atoms in total. The second-order valence-electron chi connectivity index (χ2n) is 5.32. The van der Waals surface area contributed by atoms with E-state index in [1.54, 1.807) is 6.92 Å². The van der Waals surface area contributed by atoms with Gasteiger partial charge in [-0.3, -0.25) is 14.4 Å². The van der Waals surface area contributed by atoms with E-state index in [4.69, 9.17) is 0 Å². The van der Waals surface area contributed by atoms with Crippen molar-refractivity contribution in [2.45, 2.75) is 47.0 Å². The first-order valence-electron chi connectivity index (χ1n) is 6.73. The molecular formula is C15H25NO3. The Bertz CT molecular complexity index is 360. The minimum atomic E-state index is -0.659. The van der Waals surface area contributed by atoms with E-state index in [1.807, 2.05) is 6.92 Å². The second kappa shape index (κ2) is 8.62. The minimum Gasteiger partial charge on any atom is -0.342 e. The van der Waals surface area contributed by atoms with E-state index in [2.05, 4.69) is 18.8 Å². The van der Waals surface area contributed by atoms with E-state index < -0.39 is 11.7 Å². The van der Waals surface area contributed by atoms with Crippen LogP contribution < -0.4 is 5.32 Å². The van der Waals surface area contributed by atoms with Gasteiger partial charge in [-0.05, 0) is 32.6 Å². The molecule has 0 aromatic rings. The standard InChI is InChI=1S/C15H25NO3/c1-6-13(7-10(2)3)8-11(4)14(18)15(19)16-9-12(5)17/h11,13H,2,6-9H2,1,3-5H3,(H,16,19). The molecule has 2 unspecified atom stereocenters. The van der Waals surface area contributed by atoms with Crippen molar-refractivity contribution < 1.29 is 14.4 Å². The van der Waals surface area contributed by atoms with Crippen LogP contribution in [0.25, 0.3) is 0 Å². The summed E-state index contributed by atoms with van der Waals surface area (Å²) in [5, 5.41) is 2.34. The molecule has 0 fully saturated rings. The number of nitrogens with one attached hydrogen (secondary N) is 1. The summed E-state index contributed by atoms with van der Waals surface area (Å²) in [5.41, 5.74) is 1.09. The Morgan fingerprint density at radius 3 is 2.21 bits per heavy atom. The molecule has 0 radical (unpaired) electrons. The fourth-order valence-corrected chi connectivity index (χ4v) is 2.01. The molecule has 4 heteroatoms. The maximum Gasteiger partial charge on any atom is 0.288 e. The van der Waals surface area contributed by atoms with Crippen LogP contribution in [-0.2, 0) is 14.4 Å². The van der Waals surface area contributed by atoms with Crippen molar-refractivity contribution in [2.24, 2.45) is 11.8 Å². The highest BCUT2D eigenvalue weighted by Crippen LogP contribution is 2.22. The Kier molecular flexibility index (Phi) is 7.96. The number of Topliss-reactive ketones (excluding diaryl/α,β-unsaturated/α-hetero) is 2. The highest BCUT2D eigenvalue weighted by molar-refractivity contribution is 6.37. The maximum atomic E-state index is 11.8. The van der Waals surface area contributed by atoms with Crippen LogP contribution in [0.1, 0.15) is 47.0 Å². The molecule has 0 saturated heterocycles. The van der Waals surface area contributed by atoms with Crippen molar-refractivity contribution >= 4 is 17.5 Å². The molecule has 2 atom stereocenters. The van der Waals surface area contributed by atoms with E-state index in [-0.39, 0.29) is 18.2 Å². The molecule has 108 valence electrons. The predicted octanol–water partition coefficient (Wildman–Crippen LogP) is 2.28. The highest BCUT2D eigenvalue weighted by atomic mass is 16.2. The molecule has 0 bridgehead atoms. The Hall–Kier alpha value is -1.45. The van der Waals surface area contributed by atoms with Gasteiger partial charge in [0, 0.05) is 5.92 Å². The van der Waals surface area contributed by atoms with E-state index >= 15 is 0 Å². The highest BCUT2D eigenvalue weighted by Gasteiger charge is 2.23. The third-order valence-corrected chi connectivity index (χ3v) is 3.07. The van der Waals surface area contributed by atoms with Crippen LogP contribution in [0.15, 0.2) is 12.2 Å². The third-order valence-electron chi connectivity index (χ3n) is 3.07. The quantitative estimate of drug-likeness (QED) is 0.515. The number of amides is 1. The summed E-state index contributed by atoms with van der Waals surface area (Å²) in [4.78, 5) is 34.1. The van der Waals surface area contributed by atoms with Crippen LogP contribution in [0.5, 0.6) is 0 Å². The van der Waals surface area contributed by atoms with E-state index in [0.29, 0.717) is 12.3 Å². The van der Waals surface area contributed by atoms with Gasteiger partial charge in [0.05, 0.1) is 6.54 Å². The lowest BCUT2D eigenvalue weighted by Gasteiger charge is -2.18. The van der Waals surface area contributed by atoms with Gasteiger partial charge < -0.3 is 5.32 Å². The topological polar surface area (TPSA) is 63.2 Å². The number of allylic oxidation sites excluding steroid dienone is 1. The number of carbonyl (C=O) groups excluding carboxylic acids is 3. The largest absolute Gasteiger partial charge is 0.342 e. The van der Waals surface area contributed by atoms with Gasteiger partial charge in [0.25, 0.3) is 5.91 Å². The van der Waals surface area contributed by atoms with Gasteiger partial charge in [-0.2, -0.15) is 0 Å². The number of hydrogen-bond acceptors (Lipinski definition) is 3. The smallest absolute Gasteiger partial charge is 0.288 e. The normalized spacial score (nSPS) is 13.5. The van der Waals surface area contributed by atoms with Crippen molar-refractivity contribution in [3.8, 4) is 0 Å². The minimum absolute atomic E-state index is 0.0831. The van der Waals surface area contributed by atoms with Gasteiger partial charge in [0.15, 0.2) is 0 Å². The van der Waals surface area contributed by atoms with Crippen LogP contribution in [0.2, 0.25) is 0 Å². The Morgan fingerprint density at radius 1 is 1.21 bits per heavy atom. The van der Waals surface area contributed by atoms with Gasteiger partial charge in [-0.25, -0.2) is 0 Å². The monoisotopic (exact) mass is 267 g/mol. The van der Waals surface area contributed by atoms with Crippen molar-refractivity contribution in [1.29, 1.82) is 0 Å². The summed E-state index contributed by atoms with van der Waals surface area (Å²) in [6, 6.07) is 0. The molecule has 0 aliphatic carbocycles. The van der Waals surface area contributed by atoms with E-state index in [9.17, 15) is 14.4 Å². The van der Waals surface area contributed by atoms with Gasteiger partial charge in [0.1, 0.15) is 5.78 Å². The van der Waals surface area contributed by atoms with Crippen LogP contribution in [0.4, 0.5) is 0 Å². The van der Waals surface area contributed by atoms with E-state index in [0.717, 1.165) is 18.4 Å². The van der Waals surface area contributed by atoms with Gasteiger partial charge in [-0.15, -0.1) is 6.58 Å². The summed E-state index contributed by atoms with van der Waals surface area (Å²) >= 11 is 0. The molecule has 0 aromatic heterocycles. The Morgan fingerprint density at radius 2 is 1.79 bits per heavy atom. The number of ketones is 2. The molecule has 0 heterocycles. The van der Waals surface area contributed by atoms with Gasteiger partial charge in [0.2, 0.25) is 5.78 Å². The first-order valence-corrected chi connectivity index (χ1v) is 6.73. The number of hydrogen-bond donors (Lipinski definition) is 1. The molecule has 0 aliphatic heterocycles. The second-order valence-corrected chi connectivity index (χ2v) is 5.32. The number of carbonyl (C=O) groups is 3. The van der Waals surface area contributed by atoms with E-state index in [1.165, 1.54) is 6.92 Å². The lowest BCUT2D eigenvalue weighted by molar-refractivity contribution is -0.140. The van der Waals surface area contributed by atoms with Crippen molar-refractivity contribution in [1.82, 2.24) is 5.32 Å². The summed E-state index contributed by atoms with van der Waals surface area (Å²) < 4.78 is 0. The molecular weight excluding hydrogens is 242 g/mol. The SMILES string of the molecule is C=C(C)CC(CC)CC(C)C(=O)C(=O)NCC(C)=O. The van der Waals surface area contributed by atoms with Crippen LogP contribution >= 0.6 is 0 Å². The average Bonchev–Trinajstić information content (AvgIpc) is 2.33. The molecule has 0 spiro atoms. The Labute approximate surface area is 115 Å². The summed E-state index contributed by atoms with van der Waals surface area (Å²) in [5.74, 6) is -1.22. The molecule has 0 aliphatic rings. The van der Waals surface area contributed by atoms with Gasteiger partial charge >= 0.3 is 0 Å².